The Balaban J connectivity index is 0.00000103. The van der Waals surface area contributed by atoms with Gasteiger partial charge in [-0.25, -0.2) is 0 Å². The first kappa shape index (κ1) is 25.6. The predicted octanol–water partition coefficient (Wildman–Crippen LogP) is 5.07. The molecule has 8 nitrogen and oxygen atoms in total. The van der Waals surface area contributed by atoms with Gasteiger partial charge in [0, 0.05) is 27.6 Å². The number of fused-ring (bicyclic) bond motifs is 3. The van der Waals surface area contributed by atoms with Crippen molar-refractivity contribution in [1.82, 2.24) is 14.8 Å². The predicted molar refractivity (Wildman–Crippen MR) is 136 cm³/mol. The molecule has 2 N–H and O–H groups in total. The van der Waals surface area contributed by atoms with Crippen LogP contribution in [-0.4, -0.2) is 43.8 Å². The highest BCUT2D eigenvalue weighted by molar-refractivity contribution is 7.15. The molecule has 1 aliphatic heterocycles. The lowest BCUT2D eigenvalue weighted by Gasteiger charge is -2.18. The number of hydrogen-bond donors (Lipinski definition) is 2. The molecular formula is C24H28ClN5O3S. The van der Waals surface area contributed by atoms with E-state index in [1.165, 1.54) is 0 Å². The van der Waals surface area contributed by atoms with Gasteiger partial charge in [0.05, 0.1) is 11.6 Å². The van der Waals surface area contributed by atoms with E-state index in [2.05, 4.69) is 29.4 Å². The zero-order valence-electron chi connectivity index (χ0n) is 19.8. The Bertz CT molecular complexity index is 1220. The fourth-order valence-corrected chi connectivity index (χ4v) is 5.16. The summed E-state index contributed by atoms with van der Waals surface area (Å²) >= 11 is 6.63. The number of aryl methyl sites for hydroxylation is 2. The molecule has 1 aliphatic rings. The third-order valence-electron chi connectivity index (χ3n) is 5.71. The van der Waals surface area contributed by atoms with Gasteiger partial charge in [0.2, 0.25) is 6.41 Å². The molecule has 2 aromatic heterocycles. The van der Waals surface area contributed by atoms with Crippen molar-refractivity contribution in [2.24, 2.45) is 10.9 Å². The van der Waals surface area contributed by atoms with Gasteiger partial charge in [-0.05, 0) is 44.9 Å². The zero-order valence-corrected chi connectivity index (χ0v) is 21.4. The third-order valence-corrected chi connectivity index (χ3v) is 6.90. The van der Waals surface area contributed by atoms with Gasteiger partial charge in [-0.2, -0.15) is 0 Å². The molecule has 3 heterocycles. The molecule has 34 heavy (non-hydrogen) atoms. The number of alkyl halides is 1. The summed E-state index contributed by atoms with van der Waals surface area (Å²) in [5.41, 5.74) is 4.31. The molecule has 0 bridgehead atoms. The Morgan fingerprint density at radius 1 is 1.24 bits per heavy atom. The van der Waals surface area contributed by atoms with Crippen LogP contribution in [0.25, 0.3) is 5.00 Å². The van der Waals surface area contributed by atoms with Crippen LogP contribution in [0.1, 0.15) is 59.5 Å². The lowest BCUT2D eigenvalue weighted by molar-refractivity contribution is -0.142. The SMILES string of the molecule is CCC(C(=O)O)C1N=C(c2ccc(NC=O)cc2)c2c(sc(C)c2C)-n2c(C)nnc21.CCCl. The number of aromatic nitrogens is 3. The third kappa shape index (κ3) is 4.76. The van der Waals surface area contributed by atoms with E-state index >= 15 is 0 Å². The number of carboxylic acid groups (broad SMARTS) is 1. The number of hydrogen-bond acceptors (Lipinski definition) is 6. The Labute approximate surface area is 207 Å². The van der Waals surface area contributed by atoms with Crippen LogP contribution in [0.4, 0.5) is 5.69 Å². The van der Waals surface area contributed by atoms with Gasteiger partial charge in [0.1, 0.15) is 16.9 Å². The molecule has 0 aliphatic carbocycles. The second-order valence-electron chi connectivity index (χ2n) is 7.79. The van der Waals surface area contributed by atoms with E-state index in [0.717, 1.165) is 38.2 Å². The van der Waals surface area contributed by atoms with Gasteiger partial charge in [-0.3, -0.25) is 19.1 Å². The molecule has 180 valence electrons. The minimum Gasteiger partial charge on any atom is -0.481 e. The van der Waals surface area contributed by atoms with Gasteiger partial charge in [0.15, 0.2) is 5.82 Å². The summed E-state index contributed by atoms with van der Waals surface area (Å²) in [6.45, 7) is 9.72. The van der Waals surface area contributed by atoms with Crippen molar-refractivity contribution in [2.75, 3.05) is 11.2 Å². The highest BCUT2D eigenvalue weighted by Gasteiger charge is 2.37. The Hall–Kier alpha value is -3.04. The van der Waals surface area contributed by atoms with E-state index in [-0.39, 0.29) is 0 Å². The van der Waals surface area contributed by atoms with E-state index < -0.39 is 17.9 Å². The summed E-state index contributed by atoms with van der Waals surface area (Å²) in [5, 5.41) is 22.1. The normalized spacial score (nSPS) is 15.1. The van der Waals surface area contributed by atoms with Crippen LogP contribution in [0.15, 0.2) is 29.3 Å². The van der Waals surface area contributed by atoms with Crippen LogP contribution in [0.5, 0.6) is 0 Å². The number of aliphatic carboxylic acids is 1. The molecule has 2 unspecified atom stereocenters. The fraction of sp³-hybridized carbons (Fsp3) is 0.375. The van der Waals surface area contributed by atoms with Crippen molar-refractivity contribution >= 4 is 46.7 Å². The summed E-state index contributed by atoms with van der Waals surface area (Å²) in [4.78, 5) is 29.0. The van der Waals surface area contributed by atoms with Crippen molar-refractivity contribution in [3.05, 3.63) is 57.5 Å². The van der Waals surface area contributed by atoms with Crippen LogP contribution < -0.4 is 5.32 Å². The number of halogens is 1. The van der Waals surface area contributed by atoms with Crippen LogP contribution >= 0.6 is 22.9 Å². The second kappa shape index (κ2) is 10.9. The summed E-state index contributed by atoms with van der Waals surface area (Å²) in [6, 6.07) is 6.71. The minimum atomic E-state index is -0.911. The van der Waals surface area contributed by atoms with Crippen LogP contribution in [0.2, 0.25) is 0 Å². The lowest BCUT2D eigenvalue weighted by atomic mass is 9.95. The van der Waals surface area contributed by atoms with Crippen LogP contribution in [-0.2, 0) is 9.59 Å². The van der Waals surface area contributed by atoms with Crippen LogP contribution in [0, 0.1) is 26.7 Å². The van der Waals surface area contributed by atoms with Crippen molar-refractivity contribution in [1.29, 1.82) is 0 Å². The first-order valence-electron chi connectivity index (χ1n) is 11.0. The summed E-state index contributed by atoms with van der Waals surface area (Å²) in [6.07, 6.45) is 1.04. The van der Waals surface area contributed by atoms with Crippen molar-refractivity contribution in [3.63, 3.8) is 0 Å². The Morgan fingerprint density at radius 3 is 2.44 bits per heavy atom. The number of benzene rings is 1. The monoisotopic (exact) mass is 501 g/mol. The first-order valence-corrected chi connectivity index (χ1v) is 12.3. The highest BCUT2D eigenvalue weighted by atomic mass is 35.5. The summed E-state index contributed by atoms with van der Waals surface area (Å²) in [7, 11) is 0. The number of rotatable bonds is 6. The van der Waals surface area contributed by atoms with Gasteiger partial charge < -0.3 is 10.4 Å². The molecule has 0 saturated heterocycles. The molecule has 2 atom stereocenters. The number of thiophene rings is 1. The van der Waals surface area contributed by atoms with Crippen molar-refractivity contribution in [3.8, 4) is 5.00 Å². The molecule has 1 amide bonds. The van der Waals surface area contributed by atoms with Gasteiger partial charge in [0.25, 0.3) is 0 Å². The largest absolute Gasteiger partial charge is 0.481 e. The second-order valence-corrected chi connectivity index (χ2v) is 9.52. The molecule has 4 rings (SSSR count). The standard InChI is InChI=1S/C22H23N5O3S.C2H5Cl/c1-5-16(22(29)30)19-20-26-25-13(4)27(20)21-17(11(2)12(3)31-21)18(24-19)14-6-8-15(9-7-14)23-10-28;1-2-3/h6-10,16,19H,5H2,1-4H3,(H,23,28)(H,29,30);2H2,1H3. The van der Waals surface area contributed by atoms with Crippen molar-refractivity contribution in [2.45, 2.75) is 47.1 Å². The quantitative estimate of drug-likeness (QED) is 0.362. The van der Waals surface area contributed by atoms with Gasteiger partial charge in [-0.1, -0.05) is 26.0 Å². The van der Waals surface area contributed by atoms with Gasteiger partial charge in [-0.15, -0.1) is 33.1 Å². The van der Waals surface area contributed by atoms with E-state index in [1.807, 2.05) is 37.5 Å². The maximum absolute atomic E-state index is 12.1. The number of nitrogens with zero attached hydrogens (tertiary/aromatic N) is 4. The number of carbonyl (C=O) groups excluding carboxylic acids is 1. The van der Waals surface area contributed by atoms with E-state index in [4.69, 9.17) is 16.6 Å². The number of amides is 1. The topological polar surface area (TPSA) is 109 Å². The summed E-state index contributed by atoms with van der Waals surface area (Å²) in [5.74, 6) is 0.323. The maximum Gasteiger partial charge on any atom is 0.309 e. The molecule has 0 radical (unpaired) electrons. The number of aliphatic imine (C=N–C) groups is 1. The Kier molecular flexibility index (Phi) is 8.22. The lowest BCUT2D eigenvalue weighted by Crippen LogP contribution is -2.23. The maximum atomic E-state index is 12.1. The number of carboxylic acids is 1. The van der Waals surface area contributed by atoms with E-state index in [9.17, 15) is 14.7 Å². The molecule has 0 spiro atoms. The molecule has 3 aromatic rings. The first-order chi connectivity index (χ1) is 16.3. The van der Waals surface area contributed by atoms with E-state index in [1.54, 1.807) is 23.5 Å². The zero-order chi connectivity index (χ0) is 25.0. The minimum absolute atomic E-state index is 0.413. The number of anilines is 1. The smallest absolute Gasteiger partial charge is 0.309 e. The van der Waals surface area contributed by atoms with Crippen molar-refractivity contribution < 1.29 is 14.7 Å². The fourth-order valence-electron chi connectivity index (χ4n) is 3.94. The Morgan fingerprint density at radius 2 is 1.88 bits per heavy atom. The highest BCUT2D eigenvalue weighted by Crippen LogP contribution is 2.41. The molecule has 0 fully saturated rings. The number of nitrogens with one attached hydrogen (secondary N) is 1. The molecular weight excluding hydrogens is 474 g/mol. The number of carbonyl (C=O) groups is 2. The average Bonchev–Trinajstić information content (AvgIpc) is 3.27. The average molecular weight is 502 g/mol. The molecule has 0 saturated carbocycles. The summed E-state index contributed by atoms with van der Waals surface area (Å²) < 4.78 is 1.95. The van der Waals surface area contributed by atoms with Crippen LogP contribution in [0.3, 0.4) is 0 Å². The van der Waals surface area contributed by atoms with E-state index in [0.29, 0.717) is 30.2 Å². The van der Waals surface area contributed by atoms with Gasteiger partial charge >= 0.3 is 5.97 Å². The molecule has 1 aromatic carbocycles. The molecule has 10 heteroatoms.